The SMILES string of the molecule is O=C(NCC1(CN2CCCC2)CC1)C1CCOC1.O=CO. The van der Waals surface area contributed by atoms with Crippen molar-refractivity contribution < 1.29 is 19.4 Å². The van der Waals surface area contributed by atoms with Gasteiger partial charge in [-0.1, -0.05) is 0 Å². The van der Waals surface area contributed by atoms with Crippen molar-refractivity contribution >= 4 is 12.4 Å². The van der Waals surface area contributed by atoms with Crippen molar-refractivity contribution in [2.24, 2.45) is 11.3 Å². The highest BCUT2D eigenvalue weighted by molar-refractivity contribution is 5.79. The standard InChI is InChI=1S/C14H24N2O2.CH2O2/c17-13(12-3-8-18-9-12)15-10-14(4-5-14)11-16-6-1-2-7-16;2-1-3/h12H,1-11H2,(H,15,17);1H,(H,2,3). The van der Waals surface area contributed by atoms with E-state index in [0.717, 1.165) is 19.6 Å². The summed E-state index contributed by atoms with van der Waals surface area (Å²) >= 11 is 0. The minimum Gasteiger partial charge on any atom is -0.483 e. The molecule has 2 saturated heterocycles. The number of ether oxygens (including phenoxy) is 1. The Morgan fingerprint density at radius 1 is 1.38 bits per heavy atom. The Morgan fingerprint density at radius 3 is 2.57 bits per heavy atom. The lowest BCUT2D eigenvalue weighted by molar-refractivity contribution is -0.125. The van der Waals surface area contributed by atoms with Crippen molar-refractivity contribution in [3.63, 3.8) is 0 Å². The summed E-state index contributed by atoms with van der Waals surface area (Å²) in [7, 11) is 0. The van der Waals surface area contributed by atoms with Crippen LogP contribution in [0.5, 0.6) is 0 Å². The molecule has 6 nitrogen and oxygen atoms in total. The molecule has 3 rings (SSSR count). The largest absolute Gasteiger partial charge is 0.483 e. The van der Waals surface area contributed by atoms with E-state index < -0.39 is 0 Å². The van der Waals surface area contributed by atoms with Crippen LogP contribution < -0.4 is 5.32 Å². The summed E-state index contributed by atoms with van der Waals surface area (Å²) in [4.78, 5) is 22.9. The third kappa shape index (κ3) is 4.97. The molecule has 1 saturated carbocycles. The van der Waals surface area contributed by atoms with E-state index in [0.29, 0.717) is 12.0 Å². The molecule has 1 aliphatic carbocycles. The number of carboxylic acid groups (broad SMARTS) is 1. The van der Waals surface area contributed by atoms with E-state index in [-0.39, 0.29) is 18.3 Å². The van der Waals surface area contributed by atoms with Crippen LogP contribution in [0.1, 0.15) is 32.1 Å². The van der Waals surface area contributed by atoms with Crippen LogP contribution in [0, 0.1) is 11.3 Å². The molecule has 1 amide bonds. The summed E-state index contributed by atoms with van der Waals surface area (Å²) in [6.07, 6.45) is 6.16. The van der Waals surface area contributed by atoms with Crippen molar-refractivity contribution in [1.82, 2.24) is 10.2 Å². The molecular formula is C15H26N2O4. The average Bonchev–Trinajstić information content (AvgIpc) is 2.90. The molecule has 2 aliphatic heterocycles. The van der Waals surface area contributed by atoms with E-state index in [1.807, 2.05) is 0 Å². The Kier molecular flexibility index (Phi) is 5.99. The van der Waals surface area contributed by atoms with Crippen LogP contribution in [0.4, 0.5) is 0 Å². The molecule has 2 heterocycles. The van der Waals surface area contributed by atoms with Crippen molar-refractivity contribution in [2.45, 2.75) is 32.1 Å². The zero-order chi connectivity index (χ0) is 15.1. The number of hydrogen-bond acceptors (Lipinski definition) is 4. The molecule has 0 radical (unpaired) electrons. The van der Waals surface area contributed by atoms with Crippen molar-refractivity contribution in [3.05, 3.63) is 0 Å². The van der Waals surface area contributed by atoms with Gasteiger partial charge in [0.05, 0.1) is 12.5 Å². The van der Waals surface area contributed by atoms with Gasteiger partial charge in [-0.25, -0.2) is 0 Å². The molecule has 1 unspecified atom stereocenters. The van der Waals surface area contributed by atoms with Crippen LogP contribution in [0.3, 0.4) is 0 Å². The predicted octanol–water partition coefficient (Wildman–Crippen LogP) is 0.716. The summed E-state index contributed by atoms with van der Waals surface area (Å²) in [5.74, 6) is 0.313. The molecule has 21 heavy (non-hydrogen) atoms. The molecule has 2 N–H and O–H groups in total. The number of likely N-dealkylation sites (tertiary alicyclic amines) is 1. The quantitative estimate of drug-likeness (QED) is 0.731. The second-order valence-electron chi connectivity index (χ2n) is 6.37. The van der Waals surface area contributed by atoms with Crippen molar-refractivity contribution in [2.75, 3.05) is 39.4 Å². The van der Waals surface area contributed by atoms with Gasteiger partial charge in [0.15, 0.2) is 0 Å². The molecular weight excluding hydrogens is 272 g/mol. The zero-order valence-electron chi connectivity index (χ0n) is 12.6. The Morgan fingerprint density at radius 2 is 2.05 bits per heavy atom. The lowest BCUT2D eigenvalue weighted by Crippen LogP contribution is -2.39. The van der Waals surface area contributed by atoms with Crippen molar-refractivity contribution in [1.29, 1.82) is 0 Å². The van der Waals surface area contributed by atoms with Gasteiger partial charge in [-0.3, -0.25) is 9.59 Å². The minimum absolute atomic E-state index is 0.104. The maximum Gasteiger partial charge on any atom is 0.290 e. The van der Waals surface area contributed by atoms with Crippen LogP contribution in [-0.4, -0.2) is 61.8 Å². The Balaban J connectivity index is 0.000000497. The maximum atomic E-state index is 12.0. The number of nitrogens with one attached hydrogen (secondary N) is 1. The molecule has 0 aromatic carbocycles. The minimum atomic E-state index is -0.250. The van der Waals surface area contributed by atoms with Crippen LogP contribution in [0.15, 0.2) is 0 Å². The van der Waals surface area contributed by atoms with Gasteiger partial charge in [0.2, 0.25) is 5.91 Å². The number of carbonyl (C=O) groups excluding carboxylic acids is 1. The van der Waals surface area contributed by atoms with Crippen LogP contribution >= 0.6 is 0 Å². The first-order chi connectivity index (χ1) is 10.2. The molecule has 0 bridgehead atoms. The molecule has 1 atom stereocenters. The normalized spacial score (nSPS) is 26.8. The third-order valence-electron chi connectivity index (χ3n) is 4.65. The summed E-state index contributed by atoms with van der Waals surface area (Å²) in [5, 5.41) is 10.0. The highest BCUT2D eigenvalue weighted by atomic mass is 16.5. The smallest absolute Gasteiger partial charge is 0.290 e. The molecule has 0 aromatic rings. The fraction of sp³-hybridized carbons (Fsp3) is 0.867. The van der Waals surface area contributed by atoms with E-state index in [9.17, 15) is 4.79 Å². The first kappa shape index (κ1) is 16.2. The lowest BCUT2D eigenvalue weighted by atomic mass is 10.0. The lowest BCUT2D eigenvalue weighted by Gasteiger charge is -2.23. The first-order valence-electron chi connectivity index (χ1n) is 7.85. The molecule has 0 aromatic heterocycles. The van der Waals surface area contributed by atoms with Gasteiger partial charge in [0, 0.05) is 25.1 Å². The van der Waals surface area contributed by atoms with Gasteiger partial charge in [-0.15, -0.1) is 0 Å². The van der Waals surface area contributed by atoms with Crippen LogP contribution in [0.25, 0.3) is 0 Å². The van der Waals surface area contributed by atoms with E-state index in [1.54, 1.807) is 0 Å². The van der Waals surface area contributed by atoms with Gasteiger partial charge in [-0.2, -0.15) is 0 Å². The van der Waals surface area contributed by atoms with Crippen LogP contribution in [0.2, 0.25) is 0 Å². The summed E-state index contributed by atoms with van der Waals surface area (Å²) in [6, 6.07) is 0. The summed E-state index contributed by atoms with van der Waals surface area (Å²) < 4.78 is 5.26. The second-order valence-corrected chi connectivity index (χ2v) is 6.37. The van der Waals surface area contributed by atoms with Gasteiger partial charge in [-0.05, 0) is 45.2 Å². The Hall–Kier alpha value is -1.14. The van der Waals surface area contributed by atoms with E-state index in [1.165, 1.54) is 45.3 Å². The highest BCUT2D eigenvalue weighted by Crippen LogP contribution is 2.46. The van der Waals surface area contributed by atoms with Gasteiger partial charge in [0.25, 0.3) is 6.47 Å². The number of amides is 1. The highest BCUT2D eigenvalue weighted by Gasteiger charge is 2.44. The van der Waals surface area contributed by atoms with Gasteiger partial charge < -0.3 is 20.1 Å². The zero-order valence-corrected chi connectivity index (χ0v) is 12.6. The fourth-order valence-corrected chi connectivity index (χ4v) is 3.14. The number of rotatable bonds is 5. The number of carbonyl (C=O) groups is 2. The molecule has 3 fully saturated rings. The topological polar surface area (TPSA) is 78.9 Å². The third-order valence-corrected chi connectivity index (χ3v) is 4.65. The Bertz CT molecular complexity index is 346. The van der Waals surface area contributed by atoms with Gasteiger partial charge in [0.1, 0.15) is 0 Å². The molecule has 6 heteroatoms. The van der Waals surface area contributed by atoms with E-state index >= 15 is 0 Å². The van der Waals surface area contributed by atoms with Gasteiger partial charge >= 0.3 is 0 Å². The Labute approximate surface area is 125 Å². The van der Waals surface area contributed by atoms with E-state index in [2.05, 4.69) is 10.2 Å². The van der Waals surface area contributed by atoms with Crippen molar-refractivity contribution in [3.8, 4) is 0 Å². The fourth-order valence-electron chi connectivity index (χ4n) is 3.14. The summed E-state index contributed by atoms with van der Waals surface area (Å²) in [6.45, 7) is 5.69. The number of nitrogens with zero attached hydrogens (tertiary/aromatic N) is 1. The average molecular weight is 298 g/mol. The molecule has 3 aliphatic rings. The monoisotopic (exact) mass is 298 g/mol. The van der Waals surface area contributed by atoms with E-state index in [4.69, 9.17) is 14.6 Å². The molecule has 0 spiro atoms. The molecule has 120 valence electrons. The predicted molar refractivity (Wildman–Crippen MR) is 78.0 cm³/mol. The first-order valence-corrected chi connectivity index (χ1v) is 7.85. The maximum absolute atomic E-state index is 12.0. The summed E-state index contributed by atoms with van der Waals surface area (Å²) in [5.41, 5.74) is 0.402. The number of hydrogen-bond donors (Lipinski definition) is 2. The second kappa shape index (κ2) is 7.75. The van der Waals surface area contributed by atoms with Crippen LogP contribution in [-0.2, 0) is 14.3 Å².